The zero-order valence-corrected chi connectivity index (χ0v) is 8.97. The summed E-state index contributed by atoms with van der Waals surface area (Å²) < 4.78 is 0. The third-order valence-electron chi connectivity index (χ3n) is 3.63. The van der Waals surface area contributed by atoms with E-state index in [-0.39, 0.29) is 5.91 Å². The maximum Gasteiger partial charge on any atom is 0.327 e. The molecule has 16 heavy (non-hydrogen) atoms. The fourth-order valence-electron chi connectivity index (χ4n) is 2.53. The summed E-state index contributed by atoms with van der Waals surface area (Å²) in [5.41, 5.74) is -1.25. The highest BCUT2D eigenvalue weighted by molar-refractivity contribution is 6.00. The molecule has 0 bridgehead atoms. The minimum atomic E-state index is -1.25. The van der Waals surface area contributed by atoms with E-state index in [2.05, 4.69) is 0 Å². The molecular formula is C10H10N4O2. The molecule has 3 unspecified atom stereocenters. The standard InChI is InChI=1S/C10H10N4O2/c1-13-8(15)7-3-6(4-11)10(7,5-12)14(2)9(13)16/h6-7H,3H2,1-2H3. The van der Waals surface area contributed by atoms with Crippen LogP contribution in [0.2, 0.25) is 0 Å². The Balaban J connectivity index is 2.49. The number of nitrogens with zero attached hydrogens (tertiary/aromatic N) is 4. The van der Waals surface area contributed by atoms with Crippen LogP contribution in [0.1, 0.15) is 6.42 Å². The molecule has 2 rings (SSSR count). The number of imide groups is 1. The van der Waals surface area contributed by atoms with E-state index < -0.39 is 23.4 Å². The molecule has 0 N–H and O–H groups in total. The van der Waals surface area contributed by atoms with Crippen LogP contribution in [0.4, 0.5) is 4.79 Å². The normalized spacial score (nSPS) is 37.2. The molecule has 2 fully saturated rings. The predicted molar refractivity (Wildman–Crippen MR) is 51.5 cm³/mol. The van der Waals surface area contributed by atoms with Crippen molar-refractivity contribution < 1.29 is 9.59 Å². The molecule has 6 nitrogen and oxygen atoms in total. The molecule has 0 aromatic heterocycles. The third kappa shape index (κ3) is 0.849. The molecule has 0 aromatic rings. The summed E-state index contributed by atoms with van der Waals surface area (Å²) in [6.45, 7) is 0. The van der Waals surface area contributed by atoms with E-state index in [1.165, 1.54) is 19.0 Å². The number of rotatable bonds is 0. The van der Waals surface area contributed by atoms with Gasteiger partial charge in [-0.15, -0.1) is 0 Å². The topological polar surface area (TPSA) is 88.2 Å². The lowest BCUT2D eigenvalue weighted by Gasteiger charge is -2.56. The van der Waals surface area contributed by atoms with E-state index in [1.54, 1.807) is 0 Å². The molecule has 82 valence electrons. The average Bonchev–Trinajstić information content (AvgIpc) is 2.25. The predicted octanol–water partition coefficient (Wildman–Crippen LogP) is -0.0677. The molecule has 6 heteroatoms. The highest BCUT2D eigenvalue weighted by atomic mass is 16.2. The number of carbonyl (C=O) groups is 2. The molecule has 1 saturated heterocycles. The van der Waals surface area contributed by atoms with Crippen LogP contribution < -0.4 is 0 Å². The van der Waals surface area contributed by atoms with Gasteiger partial charge in [0.1, 0.15) is 0 Å². The van der Waals surface area contributed by atoms with Crippen molar-refractivity contribution in [3.8, 4) is 12.1 Å². The number of amides is 3. The monoisotopic (exact) mass is 218 g/mol. The van der Waals surface area contributed by atoms with Crippen LogP contribution in [0.3, 0.4) is 0 Å². The van der Waals surface area contributed by atoms with Gasteiger partial charge in [0.25, 0.3) is 0 Å². The Morgan fingerprint density at radius 3 is 2.50 bits per heavy atom. The molecule has 3 amide bonds. The van der Waals surface area contributed by atoms with Crippen molar-refractivity contribution in [1.82, 2.24) is 9.80 Å². The maximum absolute atomic E-state index is 11.8. The SMILES string of the molecule is CN1C(=O)C2CC(C#N)C2(C#N)N(C)C1=O. The lowest BCUT2D eigenvalue weighted by Crippen LogP contribution is -2.74. The van der Waals surface area contributed by atoms with Crippen molar-refractivity contribution in [1.29, 1.82) is 10.5 Å². The summed E-state index contributed by atoms with van der Waals surface area (Å²) in [7, 11) is 2.85. The van der Waals surface area contributed by atoms with E-state index in [4.69, 9.17) is 5.26 Å². The van der Waals surface area contributed by atoms with Gasteiger partial charge < -0.3 is 4.90 Å². The minimum Gasteiger partial charge on any atom is -0.306 e. The van der Waals surface area contributed by atoms with Gasteiger partial charge in [-0.25, -0.2) is 4.79 Å². The zero-order chi connectivity index (χ0) is 12.1. The first-order valence-corrected chi connectivity index (χ1v) is 4.87. The first-order chi connectivity index (χ1) is 7.50. The van der Waals surface area contributed by atoms with Crippen molar-refractivity contribution in [2.24, 2.45) is 11.8 Å². The Bertz CT molecular complexity index is 440. The van der Waals surface area contributed by atoms with E-state index in [0.717, 1.165) is 4.90 Å². The van der Waals surface area contributed by atoms with Gasteiger partial charge >= 0.3 is 6.03 Å². The summed E-state index contributed by atoms with van der Waals surface area (Å²) in [5.74, 6) is -1.50. The van der Waals surface area contributed by atoms with Gasteiger partial charge in [-0.2, -0.15) is 10.5 Å². The second-order valence-corrected chi connectivity index (χ2v) is 4.15. The van der Waals surface area contributed by atoms with Gasteiger partial charge in [-0.1, -0.05) is 0 Å². The summed E-state index contributed by atoms with van der Waals surface area (Å²) in [6.07, 6.45) is 0.352. The number of fused-ring (bicyclic) bond motifs is 1. The number of carbonyl (C=O) groups excluding carboxylic acids is 2. The Morgan fingerprint density at radius 2 is 2.00 bits per heavy atom. The second-order valence-electron chi connectivity index (χ2n) is 4.15. The van der Waals surface area contributed by atoms with Crippen LogP contribution >= 0.6 is 0 Å². The van der Waals surface area contributed by atoms with Crippen LogP contribution in [0.5, 0.6) is 0 Å². The Morgan fingerprint density at radius 1 is 1.38 bits per heavy atom. The molecule has 1 saturated carbocycles. The summed E-state index contributed by atoms with van der Waals surface area (Å²) in [6, 6.07) is 3.45. The second kappa shape index (κ2) is 2.96. The number of hydrogen-bond donors (Lipinski definition) is 0. The fourth-order valence-corrected chi connectivity index (χ4v) is 2.53. The van der Waals surface area contributed by atoms with E-state index >= 15 is 0 Å². The number of hydrogen-bond acceptors (Lipinski definition) is 4. The van der Waals surface area contributed by atoms with Gasteiger partial charge in [-0.05, 0) is 6.42 Å². The van der Waals surface area contributed by atoms with Crippen LogP contribution in [-0.2, 0) is 4.79 Å². The van der Waals surface area contributed by atoms with E-state index in [9.17, 15) is 14.9 Å². The molecule has 2 aliphatic rings. The largest absolute Gasteiger partial charge is 0.327 e. The van der Waals surface area contributed by atoms with Crippen LogP contribution in [0, 0.1) is 34.5 Å². The summed E-state index contributed by atoms with van der Waals surface area (Å²) >= 11 is 0. The van der Waals surface area contributed by atoms with E-state index in [0.29, 0.717) is 6.42 Å². The third-order valence-corrected chi connectivity index (χ3v) is 3.63. The molecule has 3 atom stereocenters. The smallest absolute Gasteiger partial charge is 0.306 e. The van der Waals surface area contributed by atoms with Crippen LogP contribution in [-0.4, -0.2) is 41.4 Å². The van der Waals surface area contributed by atoms with Crippen molar-refractivity contribution in [3.63, 3.8) is 0 Å². The van der Waals surface area contributed by atoms with Gasteiger partial charge in [0, 0.05) is 14.1 Å². The van der Waals surface area contributed by atoms with Gasteiger partial charge in [0.15, 0.2) is 5.54 Å². The molecular weight excluding hydrogens is 208 g/mol. The van der Waals surface area contributed by atoms with Crippen molar-refractivity contribution in [3.05, 3.63) is 0 Å². The first kappa shape index (κ1) is 10.4. The molecule has 1 aliphatic carbocycles. The van der Waals surface area contributed by atoms with Crippen molar-refractivity contribution in [2.75, 3.05) is 14.1 Å². The Hall–Kier alpha value is -2.08. The van der Waals surface area contributed by atoms with Gasteiger partial charge in [-0.3, -0.25) is 9.69 Å². The minimum absolute atomic E-state index is 0.352. The lowest BCUT2D eigenvalue weighted by atomic mass is 9.57. The van der Waals surface area contributed by atoms with Crippen molar-refractivity contribution >= 4 is 11.9 Å². The first-order valence-electron chi connectivity index (χ1n) is 4.87. The molecule has 1 heterocycles. The van der Waals surface area contributed by atoms with Crippen LogP contribution in [0.15, 0.2) is 0 Å². The fraction of sp³-hybridized carbons (Fsp3) is 0.600. The highest BCUT2D eigenvalue weighted by Gasteiger charge is 2.67. The quantitative estimate of drug-likeness (QED) is 0.569. The molecule has 0 aromatic carbocycles. The number of nitriles is 2. The maximum atomic E-state index is 11.8. The molecule has 0 radical (unpaired) electrons. The lowest BCUT2D eigenvalue weighted by molar-refractivity contribution is -0.150. The highest BCUT2D eigenvalue weighted by Crippen LogP contribution is 2.50. The van der Waals surface area contributed by atoms with Crippen LogP contribution in [0.25, 0.3) is 0 Å². The van der Waals surface area contributed by atoms with Gasteiger partial charge in [0.2, 0.25) is 5.91 Å². The van der Waals surface area contributed by atoms with Crippen molar-refractivity contribution in [2.45, 2.75) is 12.0 Å². The zero-order valence-electron chi connectivity index (χ0n) is 8.97. The Kier molecular flexibility index (Phi) is 1.93. The number of urea groups is 1. The Labute approximate surface area is 92.6 Å². The summed E-state index contributed by atoms with van der Waals surface area (Å²) in [5, 5.41) is 18.1. The molecule has 0 spiro atoms. The van der Waals surface area contributed by atoms with Gasteiger partial charge in [0.05, 0.1) is 24.0 Å². The molecule has 1 aliphatic heterocycles. The average molecular weight is 218 g/mol. The summed E-state index contributed by atoms with van der Waals surface area (Å²) in [4.78, 5) is 25.7. The van der Waals surface area contributed by atoms with E-state index in [1.807, 2.05) is 12.1 Å².